The van der Waals surface area contributed by atoms with Gasteiger partial charge in [-0.05, 0) is 42.3 Å². The van der Waals surface area contributed by atoms with Gasteiger partial charge < -0.3 is 10.6 Å². The van der Waals surface area contributed by atoms with Crippen molar-refractivity contribution in [3.8, 4) is 0 Å². The van der Waals surface area contributed by atoms with Crippen LogP contribution in [0, 0.1) is 0 Å². The third-order valence-electron chi connectivity index (χ3n) is 3.00. The molecule has 1 aromatic carbocycles. The fourth-order valence-corrected chi connectivity index (χ4v) is 2.15. The summed E-state index contributed by atoms with van der Waals surface area (Å²) in [4.78, 5) is 17.9. The van der Waals surface area contributed by atoms with E-state index in [1.807, 2.05) is 12.1 Å². The first kappa shape index (κ1) is 14.3. The van der Waals surface area contributed by atoms with Gasteiger partial charge in [-0.2, -0.15) is 0 Å². The van der Waals surface area contributed by atoms with Crippen LogP contribution in [-0.2, 0) is 6.42 Å². The molecular formula is C15H16ClN3O. The summed E-state index contributed by atoms with van der Waals surface area (Å²) in [7, 11) is 1.76. The van der Waals surface area contributed by atoms with Crippen molar-refractivity contribution in [2.75, 3.05) is 19.3 Å². The highest BCUT2D eigenvalue weighted by Crippen LogP contribution is 2.17. The van der Waals surface area contributed by atoms with Gasteiger partial charge in [0, 0.05) is 42.3 Å². The van der Waals surface area contributed by atoms with E-state index in [4.69, 9.17) is 17.3 Å². The fraction of sp³-hybridized carbons (Fsp3) is 0.200. The van der Waals surface area contributed by atoms with Gasteiger partial charge >= 0.3 is 0 Å². The second-order valence-electron chi connectivity index (χ2n) is 4.61. The van der Waals surface area contributed by atoms with E-state index in [1.54, 1.807) is 42.5 Å². The third kappa shape index (κ3) is 3.71. The fourth-order valence-electron chi connectivity index (χ4n) is 1.90. The van der Waals surface area contributed by atoms with E-state index < -0.39 is 0 Å². The van der Waals surface area contributed by atoms with Crippen LogP contribution in [0.1, 0.15) is 15.9 Å². The van der Waals surface area contributed by atoms with Gasteiger partial charge in [0.05, 0.1) is 0 Å². The second-order valence-corrected chi connectivity index (χ2v) is 5.04. The number of anilines is 1. The normalized spacial score (nSPS) is 10.3. The van der Waals surface area contributed by atoms with E-state index in [0.717, 1.165) is 12.0 Å². The van der Waals surface area contributed by atoms with Gasteiger partial charge in [-0.1, -0.05) is 11.6 Å². The van der Waals surface area contributed by atoms with E-state index in [9.17, 15) is 4.79 Å². The van der Waals surface area contributed by atoms with Crippen molar-refractivity contribution in [1.82, 2.24) is 9.88 Å². The molecule has 104 valence electrons. The van der Waals surface area contributed by atoms with Gasteiger partial charge in [0.2, 0.25) is 0 Å². The predicted octanol–water partition coefficient (Wildman–Crippen LogP) is 2.63. The number of carbonyl (C=O) groups excluding carboxylic acids is 1. The van der Waals surface area contributed by atoms with Gasteiger partial charge in [0.25, 0.3) is 5.91 Å². The Morgan fingerprint density at radius 1 is 1.30 bits per heavy atom. The van der Waals surface area contributed by atoms with Crippen LogP contribution in [-0.4, -0.2) is 29.4 Å². The predicted molar refractivity (Wildman–Crippen MR) is 80.8 cm³/mol. The van der Waals surface area contributed by atoms with E-state index in [0.29, 0.717) is 22.8 Å². The Morgan fingerprint density at radius 3 is 2.65 bits per heavy atom. The minimum absolute atomic E-state index is 0.0896. The second kappa shape index (κ2) is 6.39. The molecule has 0 atom stereocenters. The van der Waals surface area contributed by atoms with E-state index >= 15 is 0 Å². The maximum absolute atomic E-state index is 12.3. The Labute approximate surface area is 123 Å². The van der Waals surface area contributed by atoms with Crippen LogP contribution >= 0.6 is 11.6 Å². The molecule has 1 heterocycles. The SMILES string of the molecule is CN(CCc1ccncc1)C(=O)c1cc(N)cc(Cl)c1. The zero-order valence-electron chi connectivity index (χ0n) is 11.2. The van der Waals surface area contributed by atoms with Crippen molar-refractivity contribution in [3.63, 3.8) is 0 Å². The summed E-state index contributed by atoms with van der Waals surface area (Å²) in [6.07, 6.45) is 4.27. The largest absolute Gasteiger partial charge is 0.399 e. The zero-order chi connectivity index (χ0) is 14.5. The van der Waals surface area contributed by atoms with Crippen molar-refractivity contribution in [1.29, 1.82) is 0 Å². The molecule has 0 bridgehead atoms. The molecule has 0 unspecified atom stereocenters. The molecule has 1 aromatic heterocycles. The lowest BCUT2D eigenvalue weighted by Crippen LogP contribution is -2.28. The number of amides is 1. The number of halogens is 1. The first-order valence-corrected chi connectivity index (χ1v) is 6.64. The summed E-state index contributed by atoms with van der Waals surface area (Å²) >= 11 is 5.91. The third-order valence-corrected chi connectivity index (χ3v) is 3.22. The van der Waals surface area contributed by atoms with Crippen LogP contribution in [0.3, 0.4) is 0 Å². The smallest absolute Gasteiger partial charge is 0.253 e. The van der Waals surface area contributed by atoms with Crippen molar-refractivity contribution in [3.05, 3.63) is 58.9 Å². The Morgan fingerprint density at radius 2 is 2.00 bits per heavy atom. The molecular weight excluding hydrogens is 274 g/mol. The molecule has 0 aliphatic carbocycles. The maximum atomic E-state index is 12.3. The lowest BCUT2D eigenvalue weighted by Gasteiger charge is -2.17. The Hall–Kier alpha value is -2.07. The quantitative estimate of drug-likeness (QED) is 0.880. The lowest BCUT2D eigenvalue weighted by atomic mass is 10.1. The van der Waals surface area contributed by atoms with Gasteiger partial charge in [-0.15, -0.1) is 0 Å². The van der Waals surface area contributed by atoms with Crippen molar-refractivity contribution in [2.45, 2.75) is 6.42 Å². The van der Waals surface area contributed by atoms with Crippen molar-refractivity contribution in [2.24, 2.45) is 0 Å². The van der Waals surface area contributed by atoms with E-state index in [2.05, 4.69) is 4.98 Å². The monoisotopic (exact) mass is 289 g/mol. The van der Waals surface area contributed by atoms with Crippen LogP contribution < -0.4 is 5.73 Å². The molecule has 2 N–H and O–H groups in total. The number of pyridine rings is 1. The molecule has 2 rings (SSSR count). The standard InChI is InChI=1S/C15H16ClN3O/c1-19(7-4-11-2-5-18-6-3-11)15(20)12-8-13(16)10-14(17)9-12/h2-3,5-6,8-10H,4,7,17H2,1H3. The molecule has 0 aliphatic rings. The van der Waals surface area contributed by atoms with Crippen LogP contribution in [0.4, 0.5) is 5.69 Å². The summed E-state index contributed by atoms with van der Waals surface area (Å²) in [5, 5.41) is 0.468. The number of aromatic nitrogens is 1. The number of nitrogen functional groups attached to an aromatic ring is 1. The molecule has 4 nitrogen and oxygen atoms in total. The molecule has 0 aliphatic heterocycles. The number of nitrogens with zero attached hydrogens (tertiary/aromatic N) is 2. The number of benzene rings is 1. The number of hydrogen-bond donors (Lipinski definition) is 1. The molecule has 20 heavy (non-hydrogen) atoms. The Balaban J connectivity index is 2.01. The highest BCUT2D eigenvalue weighted by molar-refractivity contribution is 6.31. The minimum atomic E-state index is -0.0896. The van der Waals surface area contributed by atoms with E-state index in [-0.39, 0.29) is 5.91 Å². The van der Waals surface area contributed by atoms with Crippen molar-refractivity contribution < 1.29 is 4.79 Å². The zero-order valence-corrected chi connectivity index (χ0v) is 12.0. The highest BCUT2D eigenvalue weighted by Gasteiger charge is 2.12. The summed E-state index contributed by atoms with van der Waals surface area (Å²) in [5.41, 5.74) is 7.84. The number of carbonyl (C=O) groups is 1. The van der Waals surface area contributed by atoms with Gasteiger partial charge in [-0.25, -0.2) is 0 Å². The number of nitrogens with two attached hydrogens (primary N) is 1. The van der Waals surface area contributed by atoms with Gasteiger partial charge in [0.1, 0.15) is 0 Å². The number of hydrogen-bond acceptors (Lipinski definition) is 3. The topological polar surface area (TPSA) is 59.2 Å². The molecule has 0 saturated carbocycles. The van der Waals surface area contributed by atoms with Gasteiger partial charge in [-0.3, -0.25) is 9.78 Å². The lowest BCUT2D eigenvalue weighted by molar-refractivity contribution is 0.0796. The van der Waals surface area contributed by atoms with Crippen LogP contribution in [0.2, 0.25) is 5.02 Å². The first-order chi connectivity index (χ1) is 9.56. The van der Waals surface area contributed by atoms with E-state index in [1.165, 1.54) is 0 Å². The average Bonchev–Trinajstić information content (AvgIpc) is 2.44. The molecule has 1 amide bonds. The van der Waals surface area contributed by atoms with Gasteiger partial charge in [0.15, 0.2) is 0 Å². The highest BCUT2D eigenvalue weighted by atomic mass is 35.5. The molecule has 0 fully saturated rings. The molecule has 2 aromatic rings. The Bertz CT molecular complexity index is 581. The first-order valence-electron chi connectivity index (χ1n) is 6.26. The van der Waals surface area contributed by atoms with Crippen LogP contribution in [0.15, 0.2) is 42.7 Å². The number of likely N-dealkylation sites (N-methyl/N-ethyl adjacent to an activating group) is 1. The summed E-state index contributed by atoms with van der Waals surface area (Å²) in [5.74, 6) is -0.0896. The molecule has 0 spiro atoms. The summed E-state index contributed by atoms with van der Waals surface area (Å²) < 4.78 is 0. The van der Waals surface area contributed by atoms with Crippen molar-refractivity contribution >= 4 is 23.2 Å². The average molecular weight is 290 g/mol. The minimum Gasteiger partial charge on any atom is -0.399 e. The summed E-state index contributed by atoms with van der Waals surface area (Å²) in [6.45, 7) is 0.620. The van der Waals surface area contributed by atoms with Crippen LogP contribution in [0.5, 0.6) is 0 Å². The molecule has 0 radical (unpaired) electrons. The Kier molecular flexibility index (Phi) is 4.58. The number of rotatable bonds is 4. The summed E-state index contributed by atoms with van der Waals surface area (Å²) in [6, 6.07) is 8.76. The molecule has 0 saturated heterocycles. The van der Waals surface area contributed by atoms with Crippen LogP contribution in [0.25, 0.3) is 0 Å². The molecule has 5 heteroatoms. The maximum Gasteiger partial charge on any atom is 0.253 e.